The number of ether oxygens (including phenoxy) is 2. The van der Waals surface area contributed by atoms with Crippen molar-refractivity contribution in [2.45, 2.75) is 20.8 Å². The Kier molecular flexibility index (Phi) is 8.08. The van der Waals surface area contributed by atoms with E-state index in [1.807, 2.05) is 37.3 Å². The molecule has 31 heavy (non-hydrogen) atoms. The van der Waals surface area contributed by atoms with E-state index in [0.29, 0.717) is 45.7 Å². The van der Waals surface area contributed by atoms with Crippen LogP contribution in [0.15, 0.2) is 50.8 Å². The van der Waals surface area contributed by atoms with Crippen LogP contribution in [0.1, 0.15) is 26.3 Å². The molecule has 0 bridgehead atoms. The number of carbonyl (C=O) groups excluding carboxylic acids is 1. The molecule has 2 aromatic carbocycles. The van der Waals surface area contributed by atoms with Crippen molar-refractivity contribution in [3.05, 3.63) is 56.4 Å². The lowest BCUT2D eigenvalue weighted by molar-refractivity contribution is -0.122. The summed E-state index contributed by atoms with van der Waals surface area (Å²) < 4.78 is 11.9. The number of amidine groups is 1. The van der Waals surface area contributed by atoms with Crippen molar-refractivity contribution in [2.75, 3.05) is 20.3 Å². The molecule has 0 radical (unpaired) electrons. The maximum absolute atomic E-state index is 13.2. The number of thioether (sulfide) groups is 1. The fourth-order valence-corrected chi connectivity index (χ4v) is 4.71. The molecular weight excluding hydrogens is 500 g/mol. The molecule has 0 spiro atoms. The summed E-state index contributed by atoms with van der Waals surface area (Å²) in [5.41, 5.74) is 1.58. The quantitative estimate of drug-likeness (QED) is 0.376. The van der Waals surface area contributed by atoms with Gasteiger partial charge in [-0.15, -0.1) is 0 Å². The van der Waals surface area contributed by atoms with Gasteiger partial charge in [0.15, 0.2) is 16.7 Å². The minimum atomic E-state index is -0.0598. The van der Waals surface area contributed by atoms with Crippen LogP contribution in [-0.4, -0.2) is 36.2 Å². The molecule has 1 amide bonds. The van der Waals surface area contributed by atoms with Crippen molar-refractivity contribution in [1.29, 1.82) is 0 Å². The highest BCUT2D eigenvalue weighted by atomic mass is 79.9. The average molecular weight is 524 g/mol. The molecule has 0 unspecified atom stereocenters. The molecule has 0 aromatic heterocycles. The third kappa shape index (κ3) is 5.84. The third-order valence-electron chi connectivity index (χ3n) is 4.33. The molecular formula is C23H24BrClN2O3S. The molecule has 0 saturated carbocycles. The normalized spacial score (nSPS) is 16.6. The summed E-state index contributed by atoms with van der Waals surface area (Å²) in [6.07, 6.45) is 1.85. The van der Waals surface area contributed by atoms with E-state index in [-0.39, 0.29) is 5.91 Å². The predicted octanol–water partition coefficient (Wildman–Crippen LogP) is 6.77. The first kappa shape index (κ1) is 23.7. The number of hydrogen-bond donors (Lipinski definition) is 0. The van der Waals surface area contributed by atoms with Gasteiger partial charge >= 0.3 is 0 Å². The van der Waals surface area contributed by atoms with E-state index in [2.05, 4.69) is 29.8 Å². The second kappa shape index (κ2) is 10.6. The maximum Gasteiger partial charge on any atom is 0.266 e. The number of rotatable bonds is 7. The van der Waals surface area contributed by atoms with Gasteiger partial charge in [0.05, 0.1) is 28.8 Å². The first-order chi connectivity index (χ1) is 14.8. The molecule has 0 atom stereocenters. The lowest BCUT2D eigenvalue weighted by atomic mass is 10.1. The second-order valence-corrected chi connectivity index (χ2v) is 9.56. The Balaban J connectivity index is 1.98. The third-order valence-corrected chi connectivity index (χ3v) is 6.17. The largest absolute Gasteiger partial charge is 0.493 e. The second-order valence-electron chi connectivity index (χ2n) is 7.26. The zero-order chi connectivity index (χ0) is 22.5. The fraction of sp³-hybridized carbons (Fsp3) is 0.304. The van der Waals surface area contributed by atoms with Crippen LogP contribution < -0.4 is 9.47 Å². The predicted molar refractivity (Wildman–Crippen MR) is 133 cm³/mol. The van der Waals surface area contributed by atoms with Crippen LogP contribution in [0.25, 0.3) is 6.08 Å². The van der Waals surface area contributed by atoms with Crippen LogP contribution >= 0.6 is 39.3 Å². The molecule has 164 valence electrons. The number of halogens is 2. The minimum absolute atomic E-state index is 0.0598. The number of methoxy groups -OCH3 is 1. The molecule has 8 heteroatoms. The van der Waals surface area contributed by atoms with E-state index in [1.54, 1.807) is 24.1 Å². The molecule has 1 aliphatic heterocycles. The van der Waals surface area contributed by atoms with Crippen LogP contribution in [0.4, 0.5) is 5.69 Å². The monoisotopic (exact) mass is 522 g/mol. The van der Waals surface area contributed by atoms with Crippen LogP contribution in [0, 0.1) is 5.92 Å². The lowest BCUT2D eigenvalue weighted by Gasteiger charge is -2.17. The first-order valence-corrected chi connectivity index (χ1v) is 11.9. The first-order valence-electron chi connectivity index (χ1n) is 9.88. The molecule has 3 rings (SSSR count). The Morgan fingerprint density at radius 2 is 1.97 bits per heavy atom. The van der Waals surface area contributed by atoms with E-state index in [4.69, 9.17) is 26.1 Å². The van der Waals surface area contributed by atoms with Crippen LogP contribution in [-0.2, 0) is 4.79 Å². The molecule has 5 nitrogen and oxygen atoms in total. The Hall–Kier alpha value is -1.96. The highest BCUT2D eigenvalue weighted by Gasteiger charge is 2.33. The number of aliphatic imine (C=N–C) groups is 1. The number of carbonyl (C=O) groups is 1. The molecule has 1 saturated heterocycles. The number of amides is 1. The Labute approximate surface area is 200 Å². The SMILES string of the molecule is CCOc1c(Br)cc(/C=C2\SC(=Nc3ccc(Cl)cc3)N(CC(C)C)C2=O)cc1OC. The van der Waals surface area contributed by atoms with Crippen molar-refractivity contribution in [2.24, 2.45) is 10.9 Å². The van der Waals surface area contributed by atoms with E-state index in [1.165, 1.54) is 11.8 Å². The van der Waals surface area contributed by atoms with Crippen molar-refractivity contribution in [3.8, 4) is 11.5 Å². The van der Waals surface area contributed by atoms with Gasteiger partial charge < -0.3 is 9.47 Å². The number of nitrogens with zero attached hydrogens (tertiary/aromatic N) is 2. The Bertz CT molecular complexity index is 1020. The molecule has 0 aliphatic carbocycles. The van der Waals surface area contributed by atoms with Gasteiger partial charge in [-0.1, -0.05) is 25.4 Å². The van der Waals surface area contributed by atoms with Crippen molar-refractivity contribution in [3.63, 3.8) is 0 Å². The molecule has 1 fully saturated rings. The Morgan fingerprint density at radius 3 is 2.58 bits per heavy atom. The van der Waals surface area contributed by atoms with Crippen molar-refractivity contribution < 1.29 is 14.3 Å². The van der Waals surface area contributed by atoms with Gasteiger partial charge in [-0.25, -0.2) is 4.99 Å². The minimum Gasteiger partial charge on any atom is -0.493 e. The van der Waals surface area contributed by atoms with E-state index < -0.39 is 0 Å². The zero-order valence-corrected chi connectivity index (χ0v) is 21.0. The summed E-state index contributed by atoms with van der Waals surface area (Å²) in [7, 11) is 1.60. The molecule has 1 aliphatic rings. The fourth-order valence-electron chi connectivity index (χ4n) is 3.00. The highest BCUT2D eigenvalue weighted by molar-refractivity contribution is 9.10. The van der Waals surface area contributed by atoms with Crippen molar-refractivity contribution in [1.82, 2.24) is 4.90 Å². The lowest BCUT2D eigenvalue weighted by Crippen LogP contribution is -2.32. The van der Waals surface area contributed by atoms with Gasteiger partial charge in [-0.3, -0.25) is 9.69 Å². The highest BCUT2D eigenvalue weighted by Crippen LogP contribution is 2.39. The number of hydrogen-bond acceptors (Lipinski definition) is 5. The standard InChI is InChI=1S/C23H24BrClN2O3S/c1-5-30-21-18(24)10-15(11-19(21)29-4)12-20-22(28)27(13-14(2)3)23(31-20)26-17-8-6-16(25)7-9-17/h6-12,14H,5,13H2,1-4H3/b20-12-,26-23?. The van der Waals surface area contributed by atoms with Gasteiger partial charge in [0.2, 0.25) is 0 Å². The van der Waals surface area contributed by atoms with Gasteiger partial charge in [0.1, 0.15) is 0 Å². The summed E-state index contributed by atoms with van der Waals surface area (Å²) in [4.78, 5) is 20.2. The molecule has 0 N–H and O–H groups in total. The van der Waals surface area contributed by atoms with Gasteiger partial charge in [0.25, 0.3) is 5.91 Å². The van der Waals surface area contributed by atoms with Crippen LogP contribution in [0.3, 0.4) is 0 Å². The summed E-state index contributed by atoms with van der Waals surface area (Å²) in [5, 5.41) is 1.30. The molecule has 2 aromatic rings. The maximum atomic E-state index is 13.2. The number of benzene rings is 2. The topological polar surface area (TPSA) is 51.1 Å². The summed E-state index contributed by atoms with van der Waals surface area (Å²) in [6.45, 7) is 7.19. The van der Waals surface area contributed by atoms with E-state index in [9.17, 15) is 4.79 Å². The molecule has 1 heterocycles. The van der Waals surface area contributed by atoms with Crippen molar-refractivity contribution >= 4 is 62.1 Å². The van der Waals surface area contributed by atoms with E-state index >= 15 is 0 Å². The summed E-state index contributed by atoms with van der Waals surface area (Å²) >= 11 is 10.9. The van der Waals surface area contributed by atoms with Crippen LogP contribution in [0.2, 0.25) is 5.02 Å². The summed E-state index contributed by atoms with van der Waals surface area (Å²) in [6, 6.07) is 11.0. The van der Waals surface area contributed by atoms with E-state index in [0.717, 1.165) is 15.7 Å². The van der Waals surface area contributed by atoms with Gasteiger partial charge in [0, 0.05) is 11.6 Å². The summed E-state index contributed by atoms with van der Waals surface area (Å²) in [5.74, 6) is 1.49. The Morgan fingerprint density at radius 1 is 1.26 bits per heavy atom. The van der Waals surface area contributed by atoms with Crippen LogP contribution in [0.5, 0.6) is 11.5 Å². The van der Waals surface area contributed by atoms with Gasteiger partial charge in [-0.05, 0) is 88.6 Å². The zero-order valence-electron chi connectivity index (χ0n) is 17.8. The average Bonchev–Trinajstić information content (AvgIpc) is 3.00. The smallest absolute Gasteiger partial charge is 0.266 e. The van der Waals surface area contributed by atoms with Gasteiger partial charge in [-0.2, -0.15) is 0 Å².